The summed E-state index contributed by atoms with van der Waals surface area (Å²) in [5, 5.41) is 53.6. The summed E-state index contributed by atoms with van der Waals surface area (Å²) in [5.74, 6) is 2.40. The van der Waals surface area contributed by atoms with Gasteiger partial charge in [0.25, 0.3) is 0 Å². The normalized spacial score (nSPS) is 10.9. The number of aliphatic hydroxyl groups excluding tert-OH is 2. The third-order valence-corrected chi connectivity index (χ3v) is 23.1. The highest BCUT2D eigenvalue weighted by molar-refractivity contribution is 7.73. The average molecular weight is 1600 g/mol. The number of rotatable bonds is 25. The molecule has 14 aromatic rings. The Morgan fingerprint density at radius 1 is 0.395 bits per heavy atom. The van der Waals surface area contributed by atoms with Crippen LogP contribution in [0.2, 0.25) is 0 Å². The van der Waals surface area contributed by atoms with Crippen molar-refractivity contribution in [2.75, 3.05) is 49.2 Å². The second-order valence-corrected chi connectivity index (χ2v) is 31.0. The number of carbonyl (C=O) groups is 1. The third-order valence-electron chi connectivity index (χ3n) is 19.4. The van der Waals surface area contributed by atoms with Gasteiger partial charge in [-0.05, 0) is 227 Å². The summed E-state index contributed by atoms with van der Waals surface area (Å²) in [6.45, 7) is 11.6. The van der Waals surface area contributed by atoms with Gasteiger partial charge in [-0.15, -0.1) is 0 Å². The van der Waals surface area contributed by atoms with Gasteiger partial charge in [0.2, 0.25) is 7.14 Å². The van der Waals surface area contributed by atoms with Crippen LogP contribution >= 0.6 is 14.7 Å². The molecule has 17 nitrogen and oxygen atoms in total. The highest BCUT2D eigenvalue weighted by Gasteiger charge is 2.29. The Morgan fingerprint density at radius 3 is 1.05 bits per heavy atom. The van der Waals surface area contributed by atoms with Gasteiger partial charge in [-0.1, -0.05) is 158 Å². The number of hydrogen-bond donors (Lipinski definition) is 2. The lowest BCUT2D eigenvalue weighted by Crippen LogP contribution is -2.10. The van der Waals surface area contributed by atoms with Gasteiger partial charge in [-0.25, -0.2) is 4.85 Å². The maximum absolute atomic E-state index is 12.8. The highest BCUT2D eigenvalue weighted by Crippen LogP contribution is 2.53. The van der Waals surface area contributed by atoms with E-state index in [-0.39, 0.29) is 47.8 Å². The van der Waals surface area contributed by atoms with Crippen molar-refractivity contribution in [3.63, 3.8) is 0 Å². The smallest absolute Gasteiger partial charge is 0.335 e. The Labute approximate surface area is 692 Å². The highest BCUT2D eigenvalue weighted by atomic mass is 31.2. The molecule has 119 heavy (non-hydrogen) atoms. The fourth-order valence-electron chi connectivity index (χ4n) is 13.7. The number of fused-ring (bicyclic) bond motifs is 3. The number of ether oxygens (including phenoxy) is 3. The van der Waals surface area contributed by atoms with Crippen molar-refractivity contribution in [1.82, 2.24) is 0 Å². The Balaban J connectivity index is 0.000000194. The zero-order valence-corrected chi connectivity index (χ0v) is 67.5. The van der Waals surface area contributed by atoms with E-state index in [0.29, 0.717) is 27.9 Å². The van der Waals surface area contributed by atoms with E-state index < -0.39 is 14.7 Å². The summed E-state index contributed by atoms with van der Waals surface area (Å²) >= 11 is 0. The van der Waals surface area contributed by atoms with Crippen LogP contribution in [0.3, 0.4) is 0 Å². The van der Waals surface area contributed by atoms with Crippen LogP contribution in [-0.2, 0) is 30.5 Å². The van der Waals surface area contributed by atoms with Crippen LogP contribution < -0.4 is 28.9 Å². The minimum atomic E-state index is -3.68. The number of aliphatic hydroxyl groups is 2. The second kappa shape index (κ2) is 39.8. The number of anilines is 9. The third kappa shape index (κ3) is 20.2. The lowest BCUT2D eigenvalue weighted by Gasteiger charge is -2.27. The molecule has 584 valence electrons. The Morgan fingerprint density at radius 2 is 0.723 bits per heavy atom. The van der Waals surface area contributed by atoms with Crippen molar-refractivity contribution in [2.24, 2.45) is 0 Å². The second-order valence-electron chi connectivity index (χ2n) is 26.7. The van der Waals surface area contributed by atoms with E-state index in [1.165, 1.54) is 29.7 Å². The van der Waals surface area contributed by atoms with Crippen molar-refractivity contribution >= 4 is 135 Å². The predicted octanol–water partition coefficient (Wildman–Crippen LogP) is 25.5. The molecule has 0 aliphatic heterocycles. The minimum Gasteiger partial charge on any atom is -0.497 e. The lowest BCUT2D eigenvalue weighted by molar-refractivity contribution is 0.112. The molecule has 0 aromatic heterocycles. The number of methoxy groups -OCH3 is 3. The summed E-state index contributed by atoms with van der Waals surface area (Å²) in [6, 6.07) is 105. The van der Waals surface area contributed by atoms with Gasteiger partial charge >= 0.3 is 7.60 Å². The first-order valence-electron chi connectivity index (χ1n) is 37.7. The molecule has 0 spiro atoms. The Bertz CT molecular complexity index is 6210. The van der Waals surface area contributed by atoms with E-state index in [1.807, 2.05) is 133 Å². The summed E-state index contributed by atoms with van der Waals surface area (Å²) < 4.78 is 52.0. The topological polar surface area (TPSA) is 223 Å². The molecule has 0 saturated carbocycles. The summed E-state index contributed by atoms with van der Waals surface area (Å²) in [6.07, 6.45) is 11.1. The van der Waals surface area contributed by atoms with Crippen molar-refractivity contribution in [3.05, 3.63) is 364 Å². The predicted molar refractivity (Wildman–Crippen MR) is 477 cm³/mol. The van der Waals surface area contributed by atoms with Crippen LogP contribution in [0.5, 0.6) is 17.2 Å². The zero-order valence-electron chi connectivity index (χ0n) is 65.7. The molecule has 0 fully saturated rings. The first-order chi connectivity index (χ1) is 58.1. The molecule has 0 saturated heterocycles. The van der Waals surface area contributed by atoms with E-state index in [4.69, 9.17) is 40.0 Å². The quantitative estimate of drug-likeness (QED) is 0.0178. The fourth-order valence-corrected chi connectivity index (χ4v) is 16.7. The molecule has 0 aliphatic carbocycles. The minimum absolute atomic E-state index is 0.0632. The van der Waals surface area contributed by atoms with Crippen LogP contribution in [0.4, 0.5) is 56.9 Å². The van der Waals surface area contributed by atoms with Gasteiger partial charge in [-0.3, -0.25) is 13.9 Å². The van der Waals surface area contributed by atoms with Gasteiger partial charge in [0.1, 0.15) is 35.7 Å². The molecule has 14 rings (SSSR count). The number of carbonyl (C=O) groups excluding carboxylic acids is 1. The maximum Gasteiger partial charge on any atom is 0.335 e. The van der Waals surface area contributed by atoms with E-state index in [9.17, 15) is 29.7 Å². The van der Waals surface area contributed by atoms with Gasteiger partial charge in [0.15, 0.2) is 5.69 Å². The molecule has 0 radical (unpaired) electrons. The summed E-state index contributed by atoms with van der Waals surface area (Å²) in [5.41, 5.74) is 18.8. The molecule has 0 heterocycles. The first-order valence-corrected chi connectivity index (χ1v) is 41.3. The zero-order chi connectivity index (χ0) is 83.7. The van der Waals surface area contributed by atoms with Crippen molar-refractivity contribution in [1.29, 1.82) is 15.8 Å². The van der Waals surface area contributed by atoms with E-state index in [1.54, 1.807) is 47.3 Å². The number of aldehydes is 1. The first kappa shape index (κ1) is 83.3. The van der Waals surface area contributed by atoms with E-state index >= 15 is 0 Å². The van der Waals surface area contributed by atoms with Gasteiger partial charge < -0.3 is 48.2 Å². The van der Waals surface area contributed by atoms with Crippen molar-refractivity contribution in [3.8, 4) is 59.0 Å². The fraction of sp³-hybridized carbons (Fsp3) is 0.0900. The van der Waals surface area contributed by atoms with Crippen LogP contribution in [-0.4, -0.2) is 51.0 Å². The maximum atomic E-state index is 12.8. The van der Waals surface area contributed by atoms with Gasteiger partial charge in [-0.2, -0.15) is 15.8 Å². The molecule has 0 bridgehead atoms. The van der Waals surface area contributed by atoms with Crippen LogP contribution in [0.25, 0.3) is 61.5 Å². The number of nitrogens with zero attached hydrogens (tertiary/aromatic N) is 7. The van der Waals surface area contributed by atoms with E-state index in [2.05, 4.69) is 214 Å². The standard InChI is InChI=1S/C58H42N4O2.C24H19NO2.C18H18N2O6P2/c1-60-56-39-45(24-18-41-20-26-48(27-21-41)61(50-30-34-52(63-2)35-31-50)57-16-8-12-43-10-4-6-14-54(43)57)47(40-59)38-46(56)25-19-42-22-28-49(29-23-42)62(51-32-36-53(64-3)37-33-51)58-17-9-13-44-11-5-7-15-55(44)58;1-27-22-15-13-21(14-16-22)25(20-11-9-18(17-26)10-12-20)24-8-4-6-19-5-2-3-7-23(19)24;1-3-25-28(24,26-4-2)14-18-10-15(11-19)17(9-16(18)12-20)13-27(23,7-5-21)8-6-22/h4-39H,2-3H3;2-17H,1H3;9-10,21-22H,3-4,13-14H2,1-2H3. The summed E-state index contributed by atoms with van der Waals surface area (Å²) in [7, 11) is -2.19. The van der Waals surface area contributed by atoms with E-state index in [0.717, 1.165) is 113 Å². The Hall–Kier alpha value is -15.1. The molecule has 0 aliphatic rings. The van der Waals surface area contributed by atoms with Gasteiger partial charge in [0, 0.05) is 73.3 Å². The molecule has 2 N–H and O–H groups in total. The van der Waals surface area contributed by atoms with Crippen molar-refractivity contribution < 1.29 is 47.4 Å². The molecular formula is C100H79N7O10P2. The molecule has 0 unspecified atom stereocenters. The molecular weight excluding hydrogens is 1520 g/mol. The summed E-state index contributed by atoms with van der Waals surface area (Å²) in [4.78, 5) is 21.6. The van der Waals surface area contributed by atoms with Crippen LogP contribution in [0.15, 0.2) is 297 Å². The number of benzene rings is 14. The monoisotopic (exact) mass is 1600 g/mol. The lowest BCUT2D eigenvalue weighted by atomic mass is 10.0. The number of nitriles is 3. The molecule has 0 amide bonds. The molecule has 14 aromatic carbocycles. The largest absolute Gasteiger partial charge is 0.497 e. The number of hydrogen-bond acceptors (Lipinski definition) is 16. The van der Waals surface area contributed by atoms with Crippen molar-refractivity contribution in [2.45, 2.75) is 26.2 Å². The Kier molecular flexibility index (Phi) is 27.8. The molecule has 0 atom stereocenters. The SMILES string of the molecule is CCOP(=O)(Cc1cc(C#N)c(CP(=O)(C#CO)C#CO)cc1C#N)OCC.COc1ccc(N(c2ccc(C=O)cc2)c2cccc3ccccc23)cc1.[C-]#[N+]c1cc(C=Cc2ccc(N(c3ccc(OC)cc3)c3cccc4ccccc34)cc2)c(C#N)cc1C=Cc1ccc(N(c2ccc(OC)cc2)c2cccc3ccccc23)cc1. The van der Waals surface area contributed by atoms with Gasteiger partial charge in [0.05, 0.1) is 99.2 Å². The van der Waals surface area contributed by atoms with Crippen LogP contribution in [0.1, 0.15) is 74.3 Å². The molecule has 19 heteroatoms. The van der Waals surface area contributed by atoms with Crippen LogP contribution in [0, 0.1) is 64.1 Å². The average Bonchev–Trinajstić information content (AvgIpc) is 0.788.